The Morgan fingerprint density at radius 1 is 0.923 bits per heavy atom. The van der Waals surface area contributed by atoms with E-state index in [1.165, 1.54) is 25.7 Å². The Bertz CT molecular complexity index is 110. The van der Waals surface area contributed by atoms with Crippen molar-refractivity contribution in [2.75, 3.05) is 13.2 Å². The first kappa shape index (κ1) is 12.4. The van der Waals surface area contributed by atoms with E-state index in [4.69, 9.17) is 5.73 Å². The highest BCUT2D eigenvalue weighted by Crippen LogP contribution is 2.06. The van der Waals surface area contributed by atoms with Gasteiger partial charge in [-0.05, 0) is 25.8 Å². The molecule has 0 amide bonds. The molecule has 4 heteroatoms. The Kier molecular flexibility index (Phi) is 10.8. The molecule has 0 aromatic rings. The lowest BCUT2D eigenvalue weighted by molar-refractivity contribution is 0.135. The van der Waals surface area contributed by atoms with Crippen LogP contribution < -0.4 is 5.73 Å². The van der Waals surface area contributed by atoms with Crippen LogP contribution in [0, 0.1) is 4.91 Å². The van der Waals surface area contributed by atoms with Gasteiger partial charge >= 0.3 is 0 Å². The van der Waals surface area contributed by atoms with E-state index in [1.807, 2.05) is 0 Å². The van der Waals surface area contributed by atoms with E-state index >= 15 is 0 Å². The lowest BCUT2D eigenvalue weighted by atomic mass is 10.1. The Labute approximate surface area is 79.8 Å². The highest BCUT2D eigenvalue weighted by molar-refractivity contribution is 4.46. The molecule has 0 aromatic heterocycles. The van der Waals surface area contributed by atoms with Gasteiger partial charge in [0.1, 0.15) is 6.61 Å². The van der Waals surface area contributed by atoms with Gasteiger partial charge in [0.05, 0.1) is 0 Å². The molecule has 0 aliphatic carbocycles. The second-order valence-corrected chi connectivity index (χ2v) is 3.17. The van der Waals surface area contributed by atoms with Crippen LogP contribution in [-0.2, 0) is 4.84 Å². The predicted molar refractivity (Wildman–Crippen MR) is 53.1 cm³/mol. The summed E-state index contributed by atoms with van der Waals surface area (Å²) in [5, 5.41) is 2.33. The minimum atomic E-state index is 0.465. The van der Waals surface area contributed by atoms with Crippen LogP contribution >= 0.6 is 0 Å². The monoisotopic (exact) mass is 188 g/mol. The Hall–Kier alpha value is -0.640. The summed E-state index contributed by atoms with van der Waals surface area (Å²) in [4.78, 5) is 13.9. The molecular weight excluding hydrogens is 168 g/mol. The molecule has 0 heterocycles. The lowest BCUT2D eigenvalue weighted by Crippen LogP contribution is -1.97. The van der Waals surface area contributed by atoms with Crippen LogP contribution in [0.5, 0.6) is 0 Å². The Morgan fingerprint density at radius 3 is 2.00 bits per heavy atom. The van der Waals surface area contributed by atoms with Crippen molar-refractivity contribution >= 4 is 0 Å². The molecule has 4 nitrogen and oxygen atoms in total. The maximum Gasteiger partial charge on any atom is 0.155 e. The van der Waals surface area contributed by atoms with Crippen LogP contribution in [0.4, 0.5) is 0 Å². The first-order valence-electron chi connectivity index (χ1n) is 5.06. The first-order valence-corrected chi connectivity index (χ1v) is 5.06. The molecule has 0 radical (unpaired) electrons. The van der Waals surface area contributed by atoms with Crippen molar-refractivity contribution in [3.63, 3.8) is 0 Å². The fourth-order valence-corrected chi connectivity index (χ4v) is 1.23. The number of hydrogen-bond donors (Lipinski definition) is 1. The zero-order valence-electron chi connectivity index (χ0n) is 8.21. The smallest absolute Gasteiger partial charge is 0.155 e. The minimum absolute atomic E-state index is 0.465. The summed E-state index contributed by atoms with van der Waals surface area (Å²) in [7, 11) is 0. The fraction of sp³-hybridized carbons (Fsp3) is 1.00. The van der Waals surface area contributed by atoms with Gasteiger partial charge in [0, 0.05) is 0 Å². The maximum atomic E-state index is 9.53. The van der Waals surface area contributed by atoms with E-state index in [1.54, 1.807) is 0 Å². The zero-order valence-corrected chi connectivity index (χ0v) is 8.21. The second-order valence-electron chi connectivity index (χ2n) is 3.17. The number of hydrogen-bond acceptors (Lipinski definition) is 4. The molecule has 0 spiro atoms. The van der Waals surface area contributed by atoms with E-state index < -0.39 is 0 Å². The molecule has 13 heavy (non-hydrogen) atoms. The third kappa shape index (κ3) is 11.4. The van der Waals surface area contributed by atoms with Gasteiger partial charge in [0.15, 0.2) is 5.34 Å². The molecule has 0 aromatic carbocycles. The SMILES string of the molecule is NCCCCCCCCCON=O. The highest BCUT2D eigenvalue weighted by Gasteiger charge is 1.91. The zero-order chi connectivity index (χ0) is 9.78. The molecular formula is C9H20N2O2. The number of unbranched alkanes of at least 4 members (excludes halogenated alkanes) is 6. The van der Waals surface area contributed by atoms with Crippen LogP contribution in [0.2, 0.25) is 0 Å². The molecule has 0 saturated carbocycles. The quantitative estimate of drug-likeness (QED) is 0.325. The summed E-state index contributed by atoms with van der Waals surface area (Å²) in [5.74, 6) is 0. The summed E-state index contributed by atoms with van der Waals surface area (Å²) in [5.41, 5.74) is 5.37. The van der Waals surface area contributed by atoms with Gasteiger partial charge in [0.25, 0.3) is 0 Å². The molecule has 0 saturated heterocycles. The van der Waals surface area contributed by atoms with E-state index in [9.17, 15) is 4.91 Å². The van der Waals surface area contributed by atoms with Crippen molar-refractivity contribution in [2.24, 2.45) is 11.1 Å². The molecule has 0 unspecified atom stereocenters. The van der Waals surface area contributed by atoms with Crippen molar-refractivity contribution in [3.8, 4) is 0 Å². The lowest BCUT2D eigenvalue weighted by Gasteiger charge is -1.99. The van der Waals surface area contributed by atoms with Crippen LogP contribution in [0.25, 0.3) is 0 Å². The summed E-state index contributed by atoms with van der Waals surface area (Å²) >= 11 is 0. The molecule has 0 aliphatic heterocycles. The van der Waals surface area contributed by atoms with Crippen LogP contribution in [-0.4, -0.2) is 13.2 Å². The average molecular weight is 188 g/mol. The number of rotatable bonds is 10. The Balaban J connectivity index is 2.79. The van der Waals surface area contributed by atoms with Crippen molar-refractivity contribution in [2.45, 2.75) is 44.9 Å². The fourth-order valence-electron chi connectivity index (χ4n) is 1.23. The molecule has 2 N–H and O–H groups in total. The topological polar surface area (TPSA) is 64.7 Å². The summed E-state index contributed by atoms with van der Waals surface area (Å²) in [6, 6.07) is 0. The van der Waals surface area contributed by atoms with Gasteiger partial charge in [-0.25, -0.2) is 0 Å². The number of nitrogens with two attached hydrogens (primary N) is 1. The number of nitrogens with zero attached hydrogens (tertiary/aromatic N) is 1. The molecule has 78 valence electrons. The third-order valence-electron chi connectivity index (χ3n) is 1.99. The van der Waals surface area contributed by atoms with Gasteiger partial charge in [-0.3, -0.25) is 0 Å². The maximum absolute atomic E-state index is 9.53. The van der Waals surface area contributed by atoms with Crippen molar-refractivity contribution in [1.82, 2.24) is 0 Å². The van der Waals surface area contributed by atoms with Crippen LogP contribution in [0.3, 0.4) is 0 Å². The standard InChI is InChI=1S/C9H20N2O2/c10-8-6-4-2-1-3-5-7-9-13-11-12/h1-10H2. The summed E-state index contributed by atoms with van der Waals surface area (Å²) < 4.78 is 0. The summed E-state index contributed by atoms with van der Waals surface area (Å²) in [6.07, 6.45) is 8.17. The molecule has 0 rings (SSSR count). The third-order valence-corrected chi connectivity index (χ3v) is 1.99. The highest BCUT2D eigenvalue weighted by atomic mass is 16.7. The van der Waals surface area contributed by atoms with Gasteiger partial charge in [-0.1, -0.05) is 25.7 Å². The normalized spacial score (nSPS) is 9.92. The van der Waals surface area contributed by atoms with Gasteiger partial charge in [0.2, 0.25) is 0 Å². The largest absolute Gasteiger partial charge is 0.364 e. The first-order chi connectivity index (χ1) is 6.41. The van der Waals surface area contributed by atoms with Crippen molar-refractivity contribution < 1.29 is 4.84 Å². The van der Waals surface area contributed by atoms with E-state index in [0.29, 0.717) is 6.61 Å². The van der Waals surface area contributed by atoms with E-state index in [2.05, 4.69) is 10.2 Å². The molecule has 0 atom stereocenters. The molecule has 0 bridgehead atoms. The Morgan fingerprint density at radius 2 is 1.46 bits per heavy atom. The van der Waals surface area contributed by atoms with Gasteiger partial charge in [-0.2, -0.15) is 0 Å². The molecule has 0 fully saturated rings. The van der Waals surface area contributed by atoms with E-state index in [-0.39, 0.29) is 0 Å². The average Bonchev–Trinajstić information content (AvgIpc) is 2.16. The molecule has 0 aliphatic rings. The minimum Gasteiger partial charge on any atom is -0.364 e. The van der Waals surface area contributed by atoms with Gasteiger partial charge in [-0.15, -0.1) is 4.91 Å². The summed E-state index contributed by atoms with van der Waals surface area (Å²) in [6.45, 7) is 1.27. The van der Waals surface area contributed by atoms with Gasteiger partial charge < -0.3 is 10.6 Å². The van der Waals surface area contributed by atoms with Crippen LogP contribution in [0.15, 0.2) is 5.34 Å². The van der Waals surface area contributed by atoms with Crippen molar-refractivity contribution in [3.05, 3.63) is 4.91 Å². The predicted octanol–water partition coefficient (Wildman–Crippen LogP) is 2.37. The van der Waals surface area contributed by atoms with Crippen LogP contribution in [0.1, 0.15) is 44.9 Å². The van der Waals surface area contributed by atoms with E-state index in [0.717, 1.165) is 25.8 Å². The second kappa shape index (κ2) is 11.4. The van der Waals surface area contributed by atoms with Crippen molar-refractivity contribution in [1.29, 1.82) is 0 Å².